The fraction of sp³-hybridized carbons (Fsp3) is 0.0625. The molecular weight excluding hydrogens is 300 g/mol. The fourth-order valence-corrected chi connectivity index (χ4v) is 3.85. The summed E-state index contributed by atoms with van der Waals surface area (Å²) in [5.74, 6) is 0. The Morgan fingerprint density at radius 2 is 1.68 bits per heavy atom. The van der Waals surface area contributed by atoms with E-state index in [1.54, 1.807) is 43.3 Å². The minimum Gasteiger partial charge on any atom is -0.399 e. The number of nitrogens with two attached hydrogens (primary N) is 1. The van der Waals surface area contributed by atoms with Crippen LogP contribution in [0.2, 0.25) is 0 Å². The summed E-state index contributed by atoms with van der Waals surface area (Å²) in [6.07, 6.45) is 0. The molecular formula is C16H14N2O3S. The highest BCUT2D eigenvalue weighted by Gasteiger charge is 2.21. The Morgan fingerprint density at radius 3 is 2.36 bits per heavy atom. The Morgan fingerprint density at radius 1 is 1.00 bits per heavy atom. The van der Waals surface area contributed by atoms with Gasteiger partial charge in [-0.25, -0.2) is 8.42 Å². The van der Waals surface area contributed by atoms with Gasteiger partial charge in [0, 0.05) is 11.3 Å². The Labute approximate surface area is 127 Å². The maximum Gasteiger partial charge on any atom is 0.271 e. The van der Waals surface area contributed by atoms with Crippen LogP contribution in [0.3, 0.4) is 0 Å². The van der Waals surface area contributed by atoms with Crippen molar-refractivity contribution in [1.29, 1.82) is 0 Å². The molecule has 112 valence electrons. The number of nitrogens with zero attached hydrogens (tertiary/aromatic N) is 1. The number of aromatic nitrogens is 1. The molecule has 0 aliphatic heterocycles. The normalized spacial score (nSPS) is 11.7. The van der Waals surface area contributed by atoms with Crippen LogP contribution < -0.4 is 11.3 Å². The number of hydrogen-bond donors (Lipinski definition) is 1. The minimum atomic E-state index is -3.99. The van der Waals surface area contributed by atoms with Crippen molar-refractivity contribution in [2.24, 2.45) is 0 Å². The maximum absolute atomic E-state index is 12.9. The summed E-state index contributed by atoms with van der Waals surface area (Å²) in [5, 5.41) is 0.644. The summed E-state index contributed by atoms with van der Waals surface area (Å²) in [7, 11) is -3.99. The molecule has 0 amide bonds. The van der Waals surface area contributed by atoms with E-state index in [0.717, 1.165) is 3.97 Å². The lowest BCUT2D eigenvalue weighted by Crippen LogP contribution is -2.29. The van der Waals surface area contributed by atoms with Crippen LogP contribution in [0.4, 0.5) is 5.69 Å². The molecule has 6 heteroatoms. The minimum absolute atomic E-state index is 0.0615. The van der Waals surface area contributed by atoms with Crippen LogP contribution in [-0.4, -0.2) is 12.4 Å². The molecule has 2 aromatic carbocycles. The van der Waals surface area contributed by atoms with Gasteiger partial charge in [-0.1, -0.05) is 24.3 Å². The molecule has 0 atom stereocenters. The van der Waals surface area contributed by atoms with E-state index in [-0.39, 0.29) is 10.4 Å². The van der Waals surface area contributed by atoms with E-state index in [1.807, 2.05) is 0 Å². The van der Waals surface area contributed by atoms with Crippen molar-refractivity contribution in [1.82, 2.24) is 3.97 Å². The van der Waals surface area contributed by atoms with Gasteiger partial charge in [-0.05, 0) is 42.6 Å². The largest absolute Gasteiger partial charge is 0.399 e. The van der Waals surface area contributed by atoms with Crippen molar-refractivity contribution >= 4 is 26.6 Å². The van der Waals surface area contributed by atoms with Crippen LogP contribution in [0, 0.1) is 6.92 Å². The van der Waals surface area contributed by atoms with Crippen molar-refractivity contribution in [3.05, 3.63) is 70.5 Å². The van der Waals surface area contributed by atoms with E-state index < -0.39 is 15.6 Å². The Hall–Kier alpha value is -2.60. The molecule has 0 saturated carbocycles. The molecule has 5 nitrogen and oxygen atoms in total. The zero-order chi connectivity index (χ0) is 15.9. The molecule has 0 aliphatic rings. The number of nitrogen functional groups attached to an aromatic ring is 1. The van der Waals surface area contributed by atoms with Gasteiger partial charge < -0.3 is 5.73 Å². The average Bonchev–Trinajstić information content (AvgIpc) is 2.49. The van der Waals surface area contributed by atoms with Gasteiger partial charge in [-0.2, -0.15) is 3.97 Å². The SMILES string of the molecule is Cc1cc2ccc(N)cc2n(S(=O)(=O)c2ccccc2)c1=O. The second-order valence-corrected chi connectivity index (χ2v) is 6.82. The molecule has 0 bridgehead atoms. The molecule has 0 unspecified atom stereocenters. The molecule has 1 heterocycles. The smallest absolute Gasteiger partial charge is 0.271 e. The van der Waals surface area contributed by atoms with E-state index in [0.29, 0.717) is 16.6 Å². The van der Waals surface area contributed by atoms with E-state index in [1.165, 1.54) is 18.2 Å². The summed E-state index contributed by atoms with van der Waals surface area (Å²) in [6, 6.07) is 14.4. The van der Waals surface area contributed by atoms with Crippen molar-refractivity contribution in [2.45, 2.75) is 11.8 Å². The zero-order valence-corrected chi connectivity index (χ0v) is 12.7. The Bertz CT molecular complexity index is 1020. The van der Waals surface area contributed by atoms with Crippen LogP contribution in [0.15, 0.2) is 64.3 Å². The molecule has 22 heavy (non-hydrogen) atoms. The zero-order valence-electron chi connectivity index (χ0n) is 11.9. The molecule has 1 aromatic heterocycles. The number of fused-ring (bicyclic) bond motifs is 1. The molecule has 3 rings (SSSR count). The third kappa shape index (κ3) is 2.17. The van der Waals surface area contributed by atoms with Crippen molar-refractivity contribution in [3.63, 3.8) is 0 Å². The first-order chi connectivity index (χ1) is 10.4. The van der Waals surface area contributed by atoms with Gasteiger partial charge in [0.05, 0.1) is 10.4 Å². The molecule has 0 saturated heterocycles. The summed E-state index contributed by atoms with van der Waals surface area (Å²) < 4.78 is 26.5. The van der Waals surface area contributed by atoms with Crippen LogP contribution >= 0.6 is 0 Å². The summed E-state index contributed by atoms with van der Waals surface area (Å²) >= 11 is 0. The predicted molar refractivity (Wildman–Crippen MR) is 86.4 cm³/mol. The lowest BCUT2D eigenvalue weighted by Gasteiger charge is -2.13. The molecule has 0 spiro atoms. The second kappa shape index (κ2) is 4.99. The quantitative estimate of drug-likeness (QED) is 0.735. The van der Waals surface area contributed by atoms with E-state index in [4.69, 9.17) is 5.73 Å². The van der Waals surface area contributed by atoms with Crippen molar-refractivity contribution in [3.8, 4) is 0 Å². The van der Waals surface area contributed by atoms with Gasteiger partial charge in [-0.3, -0.25) is 4.79 Å². The van der Waals surface area contributed by atoms with Crippen molar-refractivity contribution < 1.29 is 8.42 Å². The topological polar surface area (TPSA) is 82.2 Å². The van der Waals surface area contributed by atoms with E-state index in [2.05, 4.69) is 0 Å². The number of anilines is 1. The first-order valence-corrected chi connectivity index (χ1v) is 8.08. The van der Waals surface area contributed by atoms with Gasteiger partial charge in [-0.15, -0.1) is 0 Å². The van der Waals surface area contributed by atoms with Gasteiger partial charge in [0.2, 0.25) is 0 Å². The monoisotopic (exact) mass is 314 g/mol. The van der Waals surface area contributed by atoms with E-state index in [9.17, 15) is 13.2 Å². The lowest BCUT2D eigenvalue weighted by molar-refractivity contribution is 0.587. The van der Waals surface area contributed by atoms with Gasteiger partial charge >= 0.3 is 0 Å². The average molecular weight is 314 g/mol. The third-order valence-electron chi connectivity index (χ3n) is 3.45. The van der Waals surface area contributed by atoms with Crippen LogP contribution in [0.5, 0.6) is 0 Å². The maximum atomic E-state index is 12.9. The predicted octanol–water partition coefficient (Wildman–Crippen LogP) is 2.13. The number of aryl methyl sites for hydroxylation is 1. The highest BCUT2D eigenvalue weighted by molar-refractivity contribution is 7.90. The number of benzene rings is 2. The van der Waals surface area contributed by atoms with Crippen LogP contribution in [0.25, 0.3) is 10.9 Å². The van der Waals surface area contributed by atoms with Gasteiger partial charge in [0.25, 0.3) is 15.6 Å². The highest BCUT2D eigenvalue weighted by Crippen LogP contribution is 2.21. The third-order valence-corrected chi connectivity index (χ3v) is 5.16. The van der Waals surface area contributed by atoms with Crippen LogP contribution in [0.1, 0.15) is 5.56 Å². The second-order valence-electron chi connectivity index (χ2n) is 5.03. The number of pyridine rings is 1. The first kappa shape index (κ1) is 14.3. The summed E-state index contributed by atoms with van der Waals surface area (Å²) in [6.45, 7) is 1.59. The molecule has 3 aromatic rings. The van der Waals surface area contributed by atoms with E-state index >= 15 is 0 Å². The molecule has 0 aliphatic carbocycles. The Balaban J connectivity index is 2.47. The van der Waals surface area contributed by atoms with Crippen LogP contribution in [-0.2, 0) is 10.0 Å². The standard InChI is InChI=1S/C16H14N2O3S/c1-11-9-12-7-8-13(17)10-15(12)18(16(11)19)22(20,21)14-5-3-2-4-6-14/h2-10H,17H2,1H3. The van der Waals surface area contributed by atoms with Gasteiger partial charge in [0.15, 0.2) is 0 Å². The fourth-order valence-electron chi connectivity index (χ4n) is 2.36. The first-order valence-electron chi connectivity index (χ1n) is 6.64. The lowest BCUT2D eigenvalue weighted by atomic mass is 10.1. The number of rotatable bonds is 2. The number of hydrogen-bond acceptors (Lipinski definition) is 4. The Kier molecular flexibility index (Phi) is 3.26. The van der Waals surface area contributed by atoms with Gasteiger partial charge in [0.1, 0.15) is 0 Å². The highest BCUT2D eigenvalue weighted by atomic mass is 32.2. The molecule has 0 radical (unpaired) electrons. The summed E-state index contributed by atoms with van der Waals surface area (Å²) in [5.41, 5.74) is 6.22. The summed E-state index contributed by atoms with van der Waals surface area (Å²) in [4.78, 5) is 12.5. The molecule has 2 N–H and O–H groups in total. The van der Waals surface area contributed by atoms with Crippen molar-refractivity contribution in [2.75, 3.05) is 5.73 Å². The molecule has 0 fully saturated rings.